The van der Waals surface area contributed by atoms with Gasteiger partial charge in [-0.25, -0.2) is 19.4 Å². The lowest BCUT2D eigenvalue weighted by Crippen LogP contribution is -2.49. The molecule has 38 heavy (non-hydrogen) atoms. The molecule has 0 bridgehead atoms. The average Bonchev–Trinajstić information content (AvgIpc) is 2.88. The Morgan fingerprint density at radius 2 is 1.63 bits per heavy atom. The van der Waals surface area contributed by atoms with Crippen LogP contribution in [0.2, 0.25) is 0 Å². The predicted octanol–water partition coefficient (Wildman–Crippen LogP) is 0.913. The number of hydrogen-bond acceptors (Lipinski definition) is 10. The molecule has 0 aromatic heterocycles. The number of imide groups is 1. The monoisotopic (exact) mass is 544 g/mol. The molecule has 2 saturated heterocycles. The zero-order chi connectivity index (χ0) is 27.7. The van der Waals surface area contributed by atoms with Crippen LogP contribution in [0.25, 0.3) is 0 Å². The van der Waals surface area contributed by atoms with E-state index in [9.17, 15) is 37.1 Å². The Morgan fingerprint density at radius 3 is 2.26 bits per heavy atom. The third-order valence-electron chi connectivity index (χ3n) is 5.80. The highest BCUT2D eigenvalue weighted by molar-refractivity contribution is 6.01. The SMILES string of the molecule is O=C1CCC(Nc2ccc(N3CCN(C(=O)CCOCCC(=O)OOC(=O)C(F)(F)F)CC3)cc2)C(=O)N1. The van der Waals surface area contributed by atoms with Crippen LogP contribution in [0.4, 0.5) is 24.5 Å². The summed E-state index contributed by atoms with van der Waals surface area (Å²) in [6.07, 6.45) is -4.95. The van der Waals surface area contributed by atoms with E-state index in [1.807, 2.05) is 24.3 Å². The third-order valence-corrected chi connectivity index (χ3v) is 5.80. The van der Waals surface area contributed by atoms with E-state index in [-0.39, 0.29) is 43.8 Å². The van der Waals surface area contributed by atoms with Crippen molar-refractivity contribution in [2.24, 2.45) is 0 Å². The number of carbonyl (C=O) groups is 5. The summed E-state index contributed by atoms with van der Waals surface area (Å²) < 4.78 is 41.0. The van der Waals surface area contributed by atoms with E-state index in [0.717, 1.165) is 11.4 Å². The van der Waals surface area contributed by atoms with Crippen LogP contribution in [0.15, 0.2) is 24.3 Å². The molecule has 3 amide bonds. The molecule has 3 rings (SSSR count). The van der Waals surface area contributed by atoms with Crippen molar-refractivity contribution in [3.05, 3.63) is 24.3 Å². The van der Waals surface area contributed by atoms with Gasteiger partial charge in [0.15, 0.2) is 0 Å². The van der Waals surface area contributed by atoms with E-state index in [4.69, 9.17) is 4.74 Å². The minimum atomic E-state index is -5.27. The summed E-state index contributed by atoms with van der Waals surface area (Å²) in [6.45, 7) is 1.97. The fraction of sp³-hybridized carbons (Fsp3) is 0.522. The fourth-order valence-corrected chi connectivity index (χ4v) is 3.76. The number of amides is 3. The maximum Gasteiger partial charge on any atom is 0.495 e. The van der Waals surface area contributed by atoms with E-state index in [1.165, 1.54) is 0 Å². The van der Waals surface area contributed by atoms with E-state index >= 15 is 0 Å². The number of alkyl halides is 3. The minimum Gasteiger partial charge on any atom is -0.380 e. The van der Waals surface area contributed by atoms with Gasteiger partial charge in [-0.15, -0.1) is 0 Å². The Balaban J connectivity index is 1.30. The number of halogens is 3. The van der Waals surface area contributed by atoms with Crippen LogP contribution in [0.5, 0.6) is 0 Å². The molecule has 208 valence electrons. The maximum absolute atomic E-state index is 12.4. The summed E-state index contributed by atoms with van der Waals surface area (Å²) in [5, 5.41) is 5.43. The van der Waals surface area contributed by atoms with Crippen LogP contribution in [0.3, 0.4) is 0 Å². The molecule has 12 nitrogen and oxygen atoms in total. The highest BCUT2D eigenvalue weighted by Gasteiger charge is 2.43. The van der Waals surface area contributed by atoms with Gasteiger partial charge in [0, 0.05) is 44.0 Å². The average molecular weight is 544 g/mol. The van der Waals surface area contributed by atoms with Gasteiger partial charge in [0.25, 0.3) is 0 Å². The first-order chi connectivity index (χ1) is 18.0. The Morgan fingerprint density at radius 1 is 0.974 bits per heavy atom. The van der Waals surface area contributed by atoms with Crippen molar-refractivity contribution in [3.8, 4) is 0 Å². The van der Waals surface area contributed by atoms with Crippen molar-refractivity contribution in [2.75, 3.05) is 49.6 Å². The number of rotatable bonds is 9. The Bertz CT molecular complexity index is 1030. The smallest absolute Gasteiger partial charge is 0.380 e. The van der Waals surface area contributed by atoms with E-state index in [2.05, 4.69) is 25.3 Å². The number of ether oxygens (including phenoxy) is 1. The standard InChI is InChI=1S/C23H27F3N4O8/c24-23(25,26)22(35)38-37-20(33)8-14-36-13-7-19(32)30-11-9-29(10-12-30)16-3-1-15(2-4-16)27-17-5-6-18(31)28-21(17)34/h1-4,17,27H,5-14H2,(H,28,31,34). The van der Waals surface area contributed by atoms with Gasteiger partial charge in [-0.3, -0.25) is 19.7 Å². The second kappa shape index (κ2) is 13.1. The van der Waals surface area contributed by atoms with Gasteiger partial charge in [0.1, 0.15) is 6.04 Å². The van der Waals surface area contributed by atoms with Gasteiger partial charge in [0.05, 0.1) is 26.1 Å². The van der Waals surface area contributed by atoms with Gasteiger partial charge in [-0.2, -0.15) is 13.2 Å². The van der Waals surface area contributed by atoms with Crippen LogP contribution >= 0.6 is 0 Å². The van der Waals surface area contributed by atoms with Crippen LogP contribution in [0.1, 0.15) is 25.7 Å². The molecular formula is C23H27F3N4O8. The minimum absolute atomic E-state index is 0.00366. The van der Waals surface area contributed by atoms with Crippen molar-refractivity contribution in [2.45, 2.75) is 37.9 Å². The lowest BCUT2D eigenvalue weighted by molar-refractivity contribution is -0.286. The van der Waals surface area contributed by atoms with Gasteiger partial charge < -0.3 is 19.9 Å². The summed E-state index contributed by atoms with van der Waals surface area (Å²) in [6, 6.07) is 7.06. The van der Waals surface area contributed by atoms with Crippen LogP contribution in [-0.4, -0.2) is 86.2 Å². The second-order valence-electron chi connectivity index (χ2n) is 8.50. The summed E-state index contributed by atoms with van der Waals surface area (Å²) in [4.78, 5) is 68.2. The van der Waals surface area contributed by atoms with Gasteiger partial charge >= 0.3 is 18.1 Å². The molecule has 0 radical (unpaired) electrons. The first kappa shape index (κ1) is 28.7. The number of carbonyl (C=O) groups excluding carboxylic acids is 5. The molecule has 0 aliphatic carbocycles. The van der Waals surface area contributed by atoms with Crippen LogP contribution in [0, 0.1) is 0 Å². The van der Waals surface area contributed by atoms with Crippen LogP contribution < -0.4 is 15.5 Å². The highest BCUT2D eigenvalue weighted by atomic mass is 19.4. The highest BCUT2D eigenvalue weighted by Crippen LogP contribution is 2.21. The fourth-order valence-electron chi connectivity index (χ4n) is 3.76. The van der Waals surface area contributed by atoms with Crippen molar-refractivity contribution in [1.29, 1.82) is 0 Å². The summed E-state index contributed by atoms with van der Waals surface area (Å²) in [5.74, 6) is -4.62. The van der Waals surface area contributed by atoms with E-state index < -0.39 is 30.6 Å². The summed E-state index contributed by atoms with van der Waals surface area (Å²) in [7, 11) is 0. The number of anilines is 2. The number of piperazine rings is 1. The zero-order valence-corrected chi connectivity index (χ0v) is 20.3. The largest absolute Gasteiger partial charge is 0.495 e. The van der Waals surface area contributed by atoms with Crippen molar-refractivity contribution >= 4 is 41.0 Å². The quantitative estimate of drug-likeness (QED) is 0.199. The van der Waals surface area contributed by atoms with Crippen molar-refractivity contribution in [3.63, 3.8) is 0 Å². The summed E-state index contributed by atoms with van der Waals surface area (Å²) in [5.41, 5.74) is 1.72. The van der Waals surface area contributed by atoms with Gasteiger partial charge in [-0.05, 0) is 30.7 Å². The topological polar surface area (TPSA) is 144 Å². The second-order valence-corrected chi connectivity index (χ2v) is 8.50. The molecule has 1 aromatic carbocycles. The Labute approximate surface area is 215 Å². The van der Waals surface area contributed by atoms with Crippen molar-refractivity contribution in [1.82, 2.24) is 10.2 Å². The lowest BCUT2D eigenvalue weighted by atomic mass is 10.1. The van der Waals surface area contributed by atoms with Gasteiger partial charge in [0.2, 0.25) is 17.7 Å². The van der Waals surface area contributed by atoms with Gasteiger partial charge in [-0.1, -0.05) is 0 Å². The first-order valence-corrected chi connectivity index (χ1v) is 11.8. The van der Waals surface area contributed by atoms with E-state index in [1.54, 1.807) is 4.90 Å². The Kier molecular flexibility index (Phi) is 9.87. The third kappa shape index (κ3) is 8.61. The van der Waals surface area contributed by atoms with Crippen molar-refractivity contribution < 1.29 is 51.7 Å². The molecular weight excluding hydrogens is 517 g/mol. The van der Waals surface area contributed by atoms with Crippen LogP contribution in [-0.2, 0) is 38.5 Å². The maximum atomic E-state index is 12.4. The molecule has 2 N–H and O–H groups in total. The number of nitrogens with one attached hydrogen (secondary N) is 2. The molecule has 1 aromatic rings. The molecule has 15 heteroatoms. The molecule has 2 aliphatic heterocycles. The first-order valence-electron chi connectivity index (χ1n) is 11.8. The predicted molar refractivity (Wildman–Crippen MR) is 123 cm³/mol. The molecule has 1 atom stereocenters. The van der Waals surface area contributed by atoms with E-state index in [0.29, 0.717) is 32.6 Å². The molecule has 2 heterocycles. The summed E-state index contributed by atoms with van der Waals surface area (Å²) >= 11 is 0. The molecule has 2 fully saturated rings. The molecule has 1 unspecified atom stereocenters. The normalized spacial score (nSPS) is 18.0. The number of nitrogens with zero attached hydrogens (tertiary/aromatic N) is 2. The number of benzene rings is 1. The number of hydrogen-bond donors (Lipinski definition) is 2. The molecule has 2 aliphatic rings. The number of piperidine rings is 1. The molecule has 0 saturated carbocycles. The Hall–Kier alpha value is -3.88. The lowest BCUT2D eigenvalue weighted by Gasteiger charge is -2.36. The zero-order valence-electron chi connectivity index (χ0n) is 20.3. The molecule has 0 spiro atoms.